The third kappa shape index (κ3) is 3.73. The van der Waals surface area contributed by atoms with Crippen molar-refractivity contribution < 1.29 is 24.5 Å². The van der Waals surface area contributed by atoms with Crippen LogP contribution in [-0.2, 0) is 9.59 Å². The first kappa shape index (κ1) is 21.6. The number of hydrogen-bond donors (Lipinski definition) is 2. The van der Waals surface area contributed by atoms with E-state index in [1.54, 1.807) is 36.4 Å². The standard InChI is InChI=1S/C24H22N2O5S/c1-4-31-18-11-7-16(8-12-18)21(28)19-20(15-5-9-17(27)10-6-15)26(23(30)22(19)29)24-25-13(2)14(3)32-24/h5-12,20,27-28H,4H2,1-3H3/b21-19+/t20-/m1/s1. The minimum atomic E-state index is -0.882. The molecule has 1 aromatic heterocycles. The predicted molar refractivity (Wildman–Crippen MR) is 122 cm³/mol. The average Bonchev–Trinajstić information content (AvgIpc) is 3.24. The molecule has 1 atom stereocenters. The lowest BCUT2D eigenvalue weighted by Gasteiger charge is -2.23. The highest BCUT2D eigenvalue weighted by Gasteiger charge is 2.48. The van der Waals surface area contributed by atoms with Crippen molar-refractivity contribution in [1.82, 2.24) is 4.98 Å². The van der Waals surface area contributed by atoms with E-state index in [-0.39, 0.29) is 17.1 Å². The largest absolute Gasteiger partial charge is 0.508 e. The molecule has 7 nitrogen and oxygen atoms in total. The lowest BCUT2D eigenvalue weighted by molar-refractivity contribution is -0.132. The van der Waals surface area contributed by atoms with Crippen LogP contribution in [0, 0.1) is 13.8 Å². The second-order valence-electron chi connectivity index (χ2n) is 7.36. The second-order valence-corrected chi connectivity index (χ2v) is 8.54. The molecule has 0 saturated carbocycles. The molecule has 4 rings (SSSR count). The Hall–Kier alpha value is -3.65. The molecule has 2 N–H and O–H groups in total. The Kier molecular flexibility index (Phi) is 5.71. The molecule has 1 aliphatic heterocycles. The summed E-state index contributed by atoms with van der Waals surface area (Å²) in [5.74, 6) is -1.15. The van der Waals surface area contributed by atoms with Gasteiger partial charge in [0.15, 0.2) is 5.13 Å². The maximum absolute atomic E-state index is 13.1. The normalized spacial score (nSPS) is 17.7. The van der Waals surface area contributed by atoms with Crippen molar-refractivity contribution in [1.29, 1.82) is 0 Å². The number of aromatic nitrogens is 1. The van der Waals surface area contributed by atoms with Gasteiger partial charge in [-0.1, -0.05) is 12.1 Å². The molecule has 1 amide bonds. The smallest absolute Gasteiger partial charge is 0.301 e. The molecule has 0 radical (unpaired) electrons. The van der Waals surface area contributed by atoms with E-state index in [2.05, 4.69) is 4.98 Å². The highest BCUT2D eigenvalue weighted by atomic mass is 32.1. The van der Waals surface area contributed by atoms with Gasteiger partial charge in [0.1, 0.15) is 17.3 Å². The van der Waals surface area contributed by atoms with Crippen LogP contribution in [0.4, 0.5) is 5.13 Å². The number of Topliss-reactive ketones (excluding diaryl/α,β-unsaturated/α-hetero) is 1. The third-order valence-electron chi connectivity index (χ3n) is 5.32. The number of aliphatic hydroxyl groups is 1. The molecule has 1 fully saturated rings. The molecule has 164 valence electrons. The fraction of sp³-hybridized carbons (Fsp3) is 0.208. The zero-order valence-corrected chi connectivity index (χ0v) is 18.6. The maximum Gasteiger partial charge on any atom is 0.301 e. The van der Waals surface area contributed by atoms with Gasteiger partial charge >= 0.3 is 5.91 Å². The van der Waals surface area contributed by atoms with E-state index in [4.69, 9.17) is 4.74 Å². The number of amides is 1. The summed E-state index contributed by atoms with van der Waals surface area (Å²) in [4.78, 5) is 32.9. The van der Waals surface area contributed by atoms with Crippen molar-refractivity contribution in [2.24, 2.45) is 0 Å². The summed E-state index contributed by atoms with van der Waals surface area (Å²) in [6.45, 7) is 6.10. The number of thiazole rings is 1. The summed E-state index contributed by atoms with van der Waals surface area (Å²) < 4.78 is 5.44. The van der Waals surface area contributed by atoms with Gasteiger partial charge in [-0.05, 0) is 62.7 Å². The minimum absolute atomic E-state index is 0.0321. The van der Waals surface area contributed by atoms with Crippen LogP contribution in [0.1, 0.15) is 34.7 Å². The molecule has 0 bridgehead atoms. The molecule has 1 aliphatic rings. The van der Waals surface area contributed by atoms with Crippen molar-refractivity contribution in [2.75, 3.05) is 11.5 Å². The first-order chi connectivity index (χ1) is 15.3. The maximum atomic E-state index is 13.1. The molecule has 0 aliphatic carbocycles. The Morgan fingerprint density at radius 2 is 1.75 bits per heavy atom. The van der Waals surface area contributed by atoms with Gasteiger partial charge in [-0.2, -0.15) is 0 Å². The topological polar surface area (TPSA) is 100.0 Å². The number of anilines is 1. The zero-order valence-electron chi connectivity index (χ0n) is 17.8. The summed E-state index contributed by atoms with van der Waals surface area (Å²) in [5.41, 5.74) is 1.69. The Labute approximate surface area is 189 Å². The van der Waals surface area contributed by atoms with E-state index in [1.807, 2.05) is 20.8 Å². The van der Waals surface area contributed by atoms with Gasteiger partial charge in [-0.15, -0.1) is 11.3 Å². The quantitative estimate of drug-likeness (QED) is 0.338. The Bertz CT molecular complexity index is 1190. The Morgan fingerprint density at radius 3 is 2.31 bits per heavy atom. The van der Waals surface area contributed by atoms with E-state index in [1.165, 1.54) is 28.4 Å². The van der Waals surface area contributed by atoms with Crippen LogP contribution < -0.4 is 9.64 Å². The van der Waals surface area contributed by atoms with Crippen LogP contribution in [0.3, 0.4) is 0 Å². The lowest BCUT2D eigenvalue weighted by Crippen LogP contribution is -2.29. The van der Waals surface area contributed by atoms with E-state index in [0.29, 0.717) is 28.6 Å². The molecule has 0 unspecified atom stereocenters. The van der Waals surface area contributed by atoms with E-state index in [0.717, 1.165) is 10.6 Å². The fourth-order valence-corrected chi connectivity index (χ4v) is 4.53. The molecular weight excluding hydrogens is 428 g/mol. The first-order valence-electron chi connectivity index (χ1n) is 10.1. The number of hydrogen-bond acceptors (Lipinski definition) is 7. The molecule has 32 heavy (non-hydrogen) atoms. The molecule has 8 heteroatoms. The molecule has 2 heterocycles. The van der Waals surface area contributed by atoms with E-state index >= 15 is 0 Å². The van der Waals surface area contributed by atoms with Gasteiger partial charge in [0.05, 0.1) is 23.9 Å². The van der Waals surface area contributed by atoms with Gasteiger partial charge in [-0.25, -0.2) is 4.98 Å². The Morgan fingerprint density at radius 1 is 1.09 bits per heavy atom. The molecular formula is C24H22N2O5S. The first-order valence-corrected chi connectivity index (χ1v) is 10.9. The van der Waals surface area contributed by atoms with Crippen molar-refractivity contribution in [3.63, 3.8) is 0 Å². The van der Waals surface area contributed by atoms with Gasteiger partial charge in [0.25, 0.3) is 5.78 Å². The van der Waals surface area contributed by atoms with Crippen LogP contribution in [0.25, 0.3) is 5.76 Å². The minimum Gasteiger partial charge on any atom is -0.508 e. The van der Waals surface area contributed by atoms with Crippen LogP contribution in [0.15, 0.2) is 54.1 Å². The fourth-order valence-electron chi connectivity index (χ4n) is 3.59. The van der Waals surface area contributed by atoms with E-state index < -0.39 is 17.7 Å². The SMILES string of the molecule is CCOc1ccc(/C(O)=C2\C(=O)C(=O)N(c3nc(C)c(C)s3)[C@@H]2c2ccc(O)cc2)cc1. The number of ketones is 1. The number of benzene rings is 2. The summed E-state index contributed by atoms with van der Waals surface area (Å²) in [7, 11) is 0. The summed E-state index contributed by atoms with van der Waals surface area (Å²) in [5, 5.41) is 21.2. The van der Waals surface area contributed by atoms with Crippen LogP contribution in [0.5, 0.6) is 11.5 Å². The lowest BCUT2D eigenvalue weighted by atomic mass is 9.95. The van der Waals surface area contributed by atoms with Crippen LogP contribution >= 0.6 is 11.3 Å². The zero-order chi connectivity index (χ0) is 23.0. The number of carbonyl (C=O) groups excluding carboxylic acids is 2. The summed E-state index contributed by atoms with van der Waals surface area (Å²) in [6, 6.07) is 12.0. The number of ether oxygens (including phenoxy) is 1. The number of rotatable bonds is 5. The average molecular weight is 451 g/mol. The van der Waals surface area contributed by atoms with Crippen molar-refractivity contribution in [2.45, 2.75) is 26.8 Å². The van der Waals surface area contributed by atoms with E-state index in [9.17, 15) is 19.8 Å². The monoisotopic (exact) mass is 450 g/mol. The van der Waals surface area contributed by atoms with Gasteiger partial charge < -0.3 is 14.9 Å². The van der Waals surface area contributed by atoms with Crippen molar-refractivity contribution in [3.8, 4) is 11.5 Å². The number of carbonyl (C=O) groups is 2. The number of nitrogens with zero attached hydrogens (tertiary/aromatic N) is 2. The molecule has 3 aromatic rings. The van der Waals surface area contributed by atoms with Crippen molar-refractivity contribution in [3.05, 3.63) is 75.8 Å². The highest BCUT2D eigenvalue weighted by molar-refractivity contribution is 7.16. The number of aliphatic hydroxyl groups excluding tert-OH is 1. The number of aromatic hydroxyl groups is 1. The number of aryl methyl sites for hydroxylation is 2. The predicted octanol–water partition coefficient (Wildman–Crippen LogP) is 4.49. The van der Waals surface area contributed by atoms with Gasteiger partial charge in [-0.3, -0.25) is 14.5 Å². The number of phenols is 1. The number of phenolic OH excluding ortho intramolecular Hbond substituents is 1. The molecule has 0 spiro atoms. The molecule has 2 aromatic carbocycles. The van der Waals surface area contributed by atoms with Gasteiger partial charge in [0.2, 0.25) is 0 Å². The van der Waals surface area contributed by atoms with Crippen molar-refractivity contribution >= 4 is 33.9 Å². The third-order valence-corrected chi connectivity index (χ3v) is 6.39. The van der Waals surface area contributed by atoms with Gasteiger partial charge in [0, 0.05) is 10.4 Å². The Balaban J connectivity index is 1.89. The van der Waals surface area contributed by atoms with Crippen LogP contribution in [0.2, 0.25) is 0 Å². The second kappa shape index (κ2) is 8.47. The van der Waals surface area contributed by atoms with Crippen LogP contribution in [-0.4, -0.2) is 33.5 Å². The summed E-state index contributed by atoms with van der Waals surface area (Å²) >= 11 is 1.31. The highest BCUT2D eigenvalue weighted by Crippen LogP contribution is 2.44. The summed E-state index contributed by atoms with van der Waals surface area (Å²) in [6.07, 6.45) is 0. The molecule has 1 saturated heterocycles.